The maximum atomic E-state index is 5.69. The summed E-state index contributed by atoms with van der Waals surface area (Å²) in [7, 11) is 1.85. The van der Waals surface area contributed by atoms with Gasteiger partial charge in [0, 0.05) is 13.2 Å². The first-order valence-corrected chi connectivity index (χ1v) is 4.11. The summed E-state index contributed by atoms with van der Waals surface area (Å²) in [5, 5.41) is 4.56. The third-order valence-corrected chi connectivity index (χ3v) is 1.76. The summed E-state index contributed by atoms with van der Waals surface area (Å²) in [6.07, 6.45) is 4.97. The summed E-state index contributed by atoms with van der Waals surface area (Å²) in [6.45, 7) is 0. The Hall–Kier alpha value is -1.42. The van der Waals surface area contributed by atoms with Gasteiger partial charge in [0.15, 0.2) is 0 Å². The van der Waals surface area contributed by atoms with Gasteiger partial charge in [0.1, 0.15) is 16.5 Å². The molecule has 0 unspecified atom stereocenters. The molecule has 0 radical (unpaired) electrons. The van der Waals surface area contributed by atoms with Gasteiger partial charge in [0.05, 0.1) is 12.4 Å². The van der Waals surface area contributed by atoms with Crippen LogP contribution in [0.25, 0.3) is 11.4 Å². The van der Waals surface area contributed by atoms with Crippen molar-refractivity contribution in [3.63, 3.8) is 0 Å². The van der Waals surface area contributed by atoms with Crippen LogP contribution in [0.2, 0.25) is 5.15 Å². The van der Waals surface area contributed by atoms with Gasteiger partial charge in [-0.05, 0) is 6.07 Å². The molecule has 0 spiro atoms. The van der Waals surface area contributed by atoms with Crippen molar-refractivity contribution in [2.75, 3.05) is 0 Å². The minimum absolute atomic E-state index is 0.378. The van der Waals surface area contributed by atoms with E-state index in [2.05, 4.69) is 15.1 Å². The van der Waals surface area contributed by atoms with Gasteiger partial charge in [-0.25, -0.2) is 4.98 Å². The van der Waals surface area contributed by atoms with Gasteiger partial charge in [0.25, 0.3) is 0 Å². The van der Waals surface area contributed by atoms with Gasteiger partial charge in [0.2, 0.25) is 0 Å². The SMILES string of the molecule is Cn1ccc(-c2cncc(Cl)n2)n1. The lowest BCUT2D eigenvalue weighted by Gasteiger charge is -1.94. The van der Waals surface area contributed by atoms with E-state index in [4.69, 9.17) is 11.6 Å². The largest absolute Gasteiger partial charge is 0.275 e. The highest BCUT2D eigenvalue weighted by molar-refractivity contribution is 6.29. The monoisotopic (exact) mass is 194 g/mol. The predicted octanol–water partition coefficient (Wildman–Crippen LogP) is 1.53. The van der Waals surface area contributed by atoms with Crippen LogP contribution in [0.1, 0.15) is 0 Å². The van der Waals surface area contributed by atoms with Crippen molar-refractivity contribution in [3.8, 4) is 11.4 Å². The molecule has 0 aliphatic heterocycles. The normalized spacial score (nSPS) is 10.3. The van der Waals surface area contributed by atoms with Crippen molar-refractivity contribution in [2.45, 2.75) is 0 Å². The minimum Gasteiger partial charge on any atom is -0.275 e. The number of aromatic nitrogens is 4. The fraction of sp³-hybridized carbons (Fsp3) is 0.125. The zero-order chi connectivity index (χ0) is 9.26. The number of aryl methyl sites for hydroxylation is 1. The van der Waals surface area contributed by atoms with E-state index in [9.17, 15) is 0 Å². The third-order valence-electron chi connectivity index (χ3n) is 1.58. The first kappa shape index (κ1) is 8.19. The molecule has 0 N–H and O–H groups in total. The Morgan fingerprint density at radius 3 is 2.77 bits per heavy atom. The number of rotatable bonds is 1. The highest BCUT2D eigenvalue weighted by atomic mass is 35.5. The second kappa shape index (κ2) is 3.14. The standard InChI is InChI=1S/C8H7ClN4/c1-13-3-2-6(12-13)7-4-10-5-8(9)11-7/h2-5H,1H3. The molecule has 4 nitrogen and oxygen atoms in total. The number of hydrogen-bond acceptors (Lipinski definition) is 3. The maximum Gasteiger partial charge on any atom is 0.148 e. The molecule has 2 aromatic heterocycles. The van der Waals surface area contributed by atoms with E-state index in [0.29, 0.717) is 10.8 Å². The average Bonchev–Trinajstić information content (AvgIpc) is 2.52. The second-order valence-electron chi connectivity index (χ2n) is 2.60. The molecule has 5 heteroatoms. The van der Waals surface area contributed by atoms with Gasteiger partial charge in [-0.15, -0.1) is 0 Å². The third kappa shape index (κ3) is 1.67. The van der Waals surface area contributed by atoms with Crippen LogP contribution in [-0.2, 0) is 7.05 Å². The molecule has 2 rings (SSSR count). The van der Waals surface area contributed by atoms with Crippen molar-refractivity contribution in [2.24, 2.45) is 7.05 Å². The van der Waals surface area contributed by atoms with Crippen LogP contribution in [-0.4, -0.2) is 19.7 Å². The first-order chi connectivity index (χ1) is 6.25. The van der Waals surface area contributed by atoms with E-state index >= 15 is 0 Å². The molecule has 0 saturated carbocycles. The van der Waals surface area contributed by atoms with Crippen molar-refractivity contribution in [1.29, 1.82) is 0 Å². The molecule has 0 aromatic carbocycles. The Labute approximate surface area is 80.2 Å². The van der Waals surface area contributed by atoms with Crippen LogP contribution in [0.3, 0.4) is 0 Å². The number of hydrogen-bond donors (Lipinski definition) is 0. The highest BCUT2D eigenvalue weighted by Crippen LogP contribution is 2.14. The van der Waals surface area contributed by atoms with Crippen LogP contribution < -0.4 is 0 Å². The lowest BCUT2D eigenvalue weighted by Crippen LogP contribution is -1.90. The molecular weight excluding hydrogens is 188 g/mol. The zero-order valence-corrected chi connectivity index (χ0v) is 7.73. The summed E-state index contributed by atoms with van der Waals surface area (Å²) < 4.78 is 1.71. The smallest absolute Gasteiger partial charge is 0.148 e. The van der Waals surface area contributed by atoms with Crippen LogP contribution in [0.15, 0.2) is 24.7 Å². The topological polar surface area (TPSA) is 43.6 Å². The number of halogens is 1. The van der Waals surface area contributed by atoms with Crippen molar-refractivity contribution in [1.82, 2.24) is 19.7 Å². The lowest BCUT2D eigenvalue weighted by molar-refractivity contribution is 0.769. The molecule has 2 aromatic rings. The summed E-state index contributed by atoms with van der Waals surface area (Å²) in [6, 6.07) is 1.86. The molecule has 66 valence electrons. The van der Waals surface area contributed by atoms with E-state index < -0.39 is 0 Å². The molecule has 0 aliphatic rings. The zero-order valence-electron chi connectivity index (χ0n) is 6.98. The van der Waals surface area contributed by atoms with E-state index in [0.717, 1.165) is 5.69 Å². The van der Waals surface area contributed by atoms with Gasteiger partial charge < -0.3 is 0 Å². The molecule has 0 amide bonds. The predicted molar refractivity (Wildman–Crippen MR) is 49.2 cm³/mol. The molecule has 0 aliphatic carbocycles. The van der Waals surface area contributed by atoms with Crippen LogP contribution in [0, 0.1) is 0 Å². The average molecular weight is 195 g/mol. The van der Waals surface area contributed by atoms with Crippen LogP contribution in [0.4, 0.5) is 0 Å². The van der Waals surface area contributed by atoms with E-state index in [1.54, 1.807) is 10.9 Å². The van der Waals surface area contributed by atoms with Crippen molar-refractivity contribution < 1.29 is 0 Å². The quantitative estimate of drug-likeness (QED) is 0.692. The van der Waals surface area contributed by atoms with E-state index in [1.807, 2.05) is 19.3 Å². The first-order valence-electron chi connectivity index (χ1n) is 3.73. The number of nitrogens with zero attached hydrogens (tertiary/aromatic N) is 4. The van der Waals surface area contributed by atoms with Crippen molar-refractivity contribution >= 4 is 11.6 Å². The van der Waals surface area contributed by atoms with Crippen LogP contribution in [0.5, 0.6) is 0 Å². The summed E-state index contributed by atoms with van der Waals surface area (Å²) in [5.74, 6) is 0. The molecule has 13 heavy (non-hydrogen) atoms. The molecule has 0 fully saturated rings. The summed E-state index contributed by atoms with van der Waals surface area (Å²) in [5.41, 5.74) is 1.46. The molecule has 0 bridgehead atoms. The molecule has 0 atom stereocenters. The van der Waals surface area contributed by atoms with Gasteiger partial charge in [-0.2, -0.15) is 5.10 Å². The Kier molecular flexibility index (Phi) is 1.98. The molecule has 2 heterocycles. The fourth-order valence-electron chi connectivity index (χ4n) is 1.02. The van der Waals surface area contributed by atoms with E-state index in [-0.39, 0.29) is 0 Å². The minimum atomic E-state index is 0.378. The Morgan fingerprint density at radius 1 is 1.31 bits per heavy atom. The summed E-state index contributed by atoms with van der Waals surface area (Å²) >= 11 is 5.69. The lowest BCUT2D eigenvalue weighted by atomic mass is 10.3. The molecular formula is C8H7ClN4. The fourth-order valence-corrected chi connectivity index (χ4v) is 1.16. The Bertz CT molecular complexity index is 424. The second-order valence-corrected chi connectivity index (χ2v) is 2.99. The highest BCUT2D eigenvalue weighted by Gasteiger charge is 2.02. The van der Waals surface area contributed by atoms with Crippen molar-refractivity contribution in [3.05, 3.63) is 29.8 Å². The molecule has 0 saturated heterocycles. The Balaban J connectivity index is 2.46. The van der Waals surface area contributed by atoms with Gasteiger partial charge >= 0.3 is 0 Å². The van der Waals surface area contributed by atoms with Gasteiger partial charge in [-0.1, -0.05) is 11.6 Å². The Morgan fingerprint density at radius 2 is 2.15 bits per heavy atom. The van der Waals surface area contributed by atoms with Gasteiger partial charge in [-0.3, -0.25) is 9.67 Å². The maximum absolute atomic E-state index is 5.69. The summed E-state index contributed by atoms with van der Waals surface area (Å²) in [4.78, 5) is 8.01. The van der Waals surface area contributed by atoms with Crippen LogP contribution >= 0.6 is 11.6 Å². The van der Waals surface area contributed by atoms with E-state index in [1.165, 1.54) is 6.20 Å².